The Labute approximate surface area is 144 Å². The number of carboxylic acids is 1. The van der Waals surface area contributed by atoms with Gasteiger partial charge in [-0.1, -0.05) is 0 Å². The van der Waals surface area contributed by atoms with Gasteiger partial charge in [-0.2, -0.15) is 0 Å². The lowest BCUT2D eigenvalue weighted by Crippen LogP contribution is -2.51. The Hall–Kier alpha value is -1.82. The molecule has 1 aliphatic heterocycles. The van der Waals surface area contributed by atoms with E-state index in [0.29, 0.717) is 31.2 Å². The molecule has 1 N–H and O–H groups in total. The standard InChI is InChI=1S/C18H29N3O3/c1-13(2)21-10-5-6-16(21)18(24)20-11-9-15(19(3)4)14(12-20)7-8-17(22)23/h5-6,10,13-15H,7-9,11-12H2,1-4H3,(H,22,23)/t14-,15+/m1/s1. The molecule has 1 saturated heterocycles. The molecule has 0 unspecified atom stereocenters. The molecule has 0 saturated carbocycles. The van der Waals surface area contributed by atoms with Crippen molar-refractivity contribution in [3.8, 4) is 0 Å². The van der Waals surface area contributed by atoms with Gasteiger partial charge in [0.15, 0.2) is 0 Å². The van der Waals surface area contributed by atoms with Crippen molar-refractivity contribution >= 4 is 11.9 Å². The third-order valence-electron chi connectivity index (χ3n) is 4.93. The van der Waals surface area contributed by atoms with E-state index in [4.69, 9.17) is 5.11 Å². The van der Waals surface area contributed by atoms with E-state index >= 15 is 0 Å². The predicted octanol–water partition coefficient (Wildman–Crippen LogP) is 2.33. The van der Waals surface area contributed by atoms with Crippen molar-refractivity contribution in [2.75, 3.05) is 27.2 Å². The zero-order chi connectivity index (χ0) is 17.9. The Balaban J connectivity index is 2.12. The minimum Gasteiger partial charge on any atom is -0.481 e. The molecule has 0 spiro atoms. The van der Waals surface area contributed by atoms with Crippen LogP contribution in [0.3, 0.4) is 0 Å². The summed E-state index contributed by atoms with van der Waals surface area (Å²) in [5.74, 6) is -0.535. The molecule has 2 heterocycles. The second-order valence-electron chi connectivity index (χ2n) is 7.16. The molecule has 6 nitrogen and oxygen atoms in total. The van der Waals surface area contributed by atoms with Gasteiger partial charge in [0.05, 0.1) is 0 Å². The molecule has 0 radical (unpaired) electrons. The van der Waals surface area contributed by atoms with Gasteiger partial charge in [-0.25, -0.2) is 0 Å². The van der Waals surface area contributed by atoms with Gasteiger partial charge in [0.2, 0.25) is 0 Å². The summed E-state index contributed by atoms with van der Waals surface area (Å²) in [5.41, 5.74) is 0.713. The van der Waals surface area contributed by atoms with Crippen molar-refractivity contribution in [1.82, 2.24) is 14.4 Å². The van der Waals surface area contributed by atoms with Gasteiger partial charge in [-0.3, -0.25) is 9.59 Å². The number of hydrogen-bond acceptors (Lipinski definition) is 3. The second kappa shape index (κ2) is 7.83. The van der Waals surface area contributed by atoms with Gasteiger partial charge in [0.1, 0.15) is 5.69 Å². The molecule has 1 aromatic rings. The van der Waals surface area contributed by atoms with Crippen molar-refractivity contribution in [3.05, 3.63) is 24.0 Å². The maximum Gasteiger partial charge on any atom is 0.303 e. The van der Waals surface area contributed by atoms with Crippen LogP contribution in [0.4, 0.5) is 0 Å². The maximum absolute atomic E-state index is 12.9. The second-order valence-corrected chi connectivity index (χ2v) is 7.16. The molecule has 1 aromatic heterocycles. The zero-order valence-electron chi connectivity index (χ0n) is 15.1. The smallest absolute Gasteiger partial charge is 0.303 e. The Morgan fingerprint density at radius 1 is 1.38 bits per heavy atom. The number of aliphatic carboxylic acids is 1. The number of likely N-dealkylation sites (tertiary alicyclic amines) is 1. The topological polar surface area (TPSA) is 65.8 Å². The first-order valence-corrected chi connectivity index (χ1v) is 8.65. The van der Waals surface area contributed by atoms with Crippen molar-refractivity contribution in [2.45, 2.75) is 45.2 Å². The summed E-state index contributed by atoms with van der Waals surface area (Å²) < 4.78 is 1.99. The number of aromatic nitrogens is 1. The molecular formula is C18H29N3O3. The van der Waals surface area contributed by atoms with Gasteiger partial charge in [-0.05, 0) is 58.8 Å². The lowest BCUT2D eigenvalue weighted by Gasteiger charge is -2.41. The molecule has 0 aromatic carbocycles. The highest BCUT2D eigenvalue weighted by molar-refractivity contribution is 5.93. The fourth-order valence-electron chi connectivity index (χ4n) is 3.66. The van der Waals surface area contributed by atoms with Crippen molar-refractivity contribution in [1.29, 1.82) is 0 Å². The number of nitrogens with zero attached hydrogens (tertiary/aromatic N) is 3. The average Bonchev–Trinajstić information content (AvgIpc) is 3.01. The van der Waals surface area contributed by atoms with Crippen molar-refractivity contribution < 1.29 is 14.7 Å². The van der Waals surface area contributed by atoms with E-state index < -0.39 is 5.97 Å². The Kier molecular flexibility index (Phi) is 6.04. The van der Waals surface area contributed by atoms with Crippen LogP contribution in [-0.4, -0.2) is 64.6 Å². The summed E-state index contributed by atoms with van der Waals surface area (Å²) in [6.07, 6.45) is 3.57. The first-order chi connectivity index (χ1) is 11.3. The van der Waals surface area contributed by atoms with E-state index in [9.17, 15) is 9.59 Å². The van der Waals surface area contributed by atoms with Crippen molar-refractivity contribution in [2.24, 2.45) is 5.92 Å². The van der Waals surface area contributed by atoms with Crippen LogP contribution in [0.25, 0.3) is 0 Å². The summed E-state index contributed by atoms with van der Waals surface area (Å²) in [6, 6.07) is 4.33. The minimum absolute atomic E-state index is 0.0474. The number of rotatable bonds is 6. The van der Waals surface area contributed by atoms with Crippen LogP contribution in [0.15, 0.2) is 18.3 Å². The van der Waals surface area contributed by atoms with E-state index in [2.05, 4.69) is 18.7 Å². The molecule has 1 fully saturated rings. The van der Waals surface area contributed by atoms with Gasteiger partial charge >= 0.3 is 5.97 Å². The van der Waals surface area contributed by atoms with Gasteiger partial charge in [0.25, 0.3) is 5.91 Å². The normalized spacial score (nSPS) is 21.5. The molecule has 6 heteroatoms. The lowest BCUT2D eigenvalue weighted by atomic mass is 9.87. The molecular weight excluding hydrogens is 306 g/mol. The Bertz CT molecular complexity index is 580. The monoisotopic (exact) mass is 335 g/mol. The highest BCUT2D eigenvalue weighted by Crippen LogP contribution is 2.26. The summed E-state index contributed by atoms with van der Waals surface area (Å²) in [5, 5.41) is 8.99. The third kappa shape index (κ3) is 4.17. The molecule has 134 valence electrons. The average molecular weight is 335 g/mol. The number of piperidine rings is 1. The molecule has 24 heavy (non-hydrogen) atoms. The van der Waals surface area contributed by atoms with Gasteiger partial charge in [-0.15, -0.1) is 0 Å². The quantitative estimate of drug-likeness (QED) is 0.866. The fourth-order valence-corrected chi connectivity index (χ4v) is 3.66. The van der Waals surface area contributed by atoms with Crippen LogP contribution >= 0.6 is 0 Å². The fraction of sp³-hybridized carbons (Fsp3) is 0.667. The third-order valence-corrected chi connectivity index (χ3v) is 4.93. The summed E-state index contributed by atoms with van der Waals surface area (Å²) in [6.45, 7) is 5.46. The van der Waals surface area contributed by atoms with Crippen LogP contribution in [0, 0.1) is 5.92 Å². The Morgan fingerprint density at radius 2 is 2.08 bits per heavy atom. The van der Waals surface area contributed by atoms with Crippen LogP contribution < -0.4 is 0 Å². The first-order valence-electron chi connectivity index (χ1n) is 8.65. The summed E-state index contributed by atoms with van der Waals surface area (Å²) in [4.78, 5) is 27.9. The number of amides is 1. The zero-order valence-corrected chi connectivity index (χ0v) is 15.1. The van der Waals surface area contributed by atoms with E-state index in [1.165, 1.54) is 0 Å². The first kappa shape index (κ1) is 18.5. The Morgan fingerprint density at radius 3 is 2.67 bits per heavy atom. The molecule has 2 rings (SSSR count). The molecule has 1 amide bonds. The number of carbonyl (C=O) groups excluding carboxylic acids is 1. The van der Waals surface area contributed by atoms with Gasteiger partial charge in [0, 0.05) is 37.8 Å². The van der Waals surface area contributed by atoms with E-state index in [-0.39, 0.29) is 24.3 Å². The van der Waals surface area contributed by atoms with Crippen LogP contribution in [0.1, 0.15) is 49.6 Å². The lowest BCUT2D eigenvalue weighted by molar-refractivity contribution is -0.137. The van der Waals surface area contributed by atoms with E-state index in [0.717, 1.165) is 6.42 Å². The minimum atomic E-state index is -0.773. The SMILES string of the molecule is CC(C)n1cccc1C(=O)N1CC[C@H](N(C)C)[C@H](CCC(=O)O)C1. The summed E-state index contributed by atoms with van der Waals surface area (Å²) >= 11 is 0. The van der Waals surface area contributed by atoms with Crippen molar-refractivity contribution in [3.63, 3.8) is 0 Å². The van der Waals surface area contributed by atoms with E-state index in [1.54, 1.807) is 0 Å². The largest absolute Gasteiger partial charge is 0.481 e. The van der Waals surface area contributed by atoms with E-state index in [1.807, 2.05) is 41.9 Å². The molecule has 0 bridgehead atoms. The van der Waals surface area contributed by atoms with Crippen LogP contribution in [0.2, 0.25) is 0 Å². The number of hydrogen-bond donors (Lipinski definition) is 1. The molecule has 1 aliphatic rings. The molecule has 2 atom stereocenters. The highest BCUT2D eigenvalue weighted by Gasteiger charge is 2.33. The van der Waals surface area contributed by atoms with Crippen LogP contribution in [0.5, 0.6) is 0 Å². The number of carboxylic acid groups (broad SMARTS) is 1. The highest BCUT2D eigenvalue weighted by atomic mass is 16.4. The van der Waals surface area contributed by atoms with Crippen LogP contribution in [-0.2, 0) is 4.79 Å². The predicted molar refractivity (Wildman–Crippen MR) is 93.2 cm³/mol. The summed E-state index contributed by atoms with van der Waals surface area (Å²) in [7, 11) is 4.06. The number of carbonyl (C=O) groups is 2. The molecule has 0 aliphatic carbocycles. The van der Waals surface area contributed by atoms with Gasteiger partial charge < -0.3 is 19.5 Å². The maximum atomic E-state index is 12.9.